The summed E-state index contributed by atoms with van der Waals surface area (Å²) in [5.74, 6) is -0.184. The van der Waals surface area contributed by atoms with Crippen molar-refractivity contribution in [1.82, 2.24) is 0 Å². The first kappa shape index (κ1) is 17.3. The average molecular weight is 330 g/mol. The largest absolute Gasteiger partial charge is 0.416 e. The molecule has 0 aromatic heterocycles. The van der Waals surface area contributed by atoms with E-state index >= 15 is 0 Å². The van der Waals surface area contributed by atoms with Crippen LogP contribution in [0.3, 0.4) is 0 Å². The third-order valence-electron chi connectivity index (χ3n) is 3.25. The van der Waals surface area contributed by atoms with Gasteiger partial charge in [-0.15, -0.1) is 12.4 Å². The van der Waals surface area contributed by atoms with Crippen molar-refractivity contribution in [2.75, 3.05) is 5.75 Å². The van der Waals surface area contributed by atoms with Crippen molar-refractivity contribution < 1.29 is 21.6 Å². The number of halogens is 4. The van der Waals surface area contributed by atoms with Crippen LogP contribution < -0.4 is 5.73 Å². The lowest BCUT2D eigenvalue weighted by atomic mass is 9.82. The van der Waals surface area contributed by atoms with Gasteiger partial charge in [-0.25, -0.2) is 8.42 Å². The summed E-state index contributed by atoms with van der Waals surface area (Å²) in [6, 6.07) is 3.87. The van der Waals surface area contributed by atoms with Crippen LogP contribution in [-0.2, 0) is 16.0 Å². The molecular formula is C12H15ClF3NO2S. The van der Waals surface area contributed by atoms with E-state index in [0.717, 1.165) is 12.1 Å². The van der Waals surface area contributed by atoms with Crippen LogP contribution in [0, 0.1) is 5.92 Å². The Morgan fingerprint density at radius 1 is 1.25 bits per heavy atom. The van der Waals surface area contributed by atoms with E-state index in [1.807, 2.05) is 0 Å². The maximum atomic E-state index is 12.5. The highest BCUT2D eigenvalue weighted by molar-refractivity contribution is 7.91. The van der Waals surface area contributed by atoms with Crippen molar-refractivity contribution in [1.29, 1.82) is 0 Å². The van der Waals surface area contributed by atoms with Crippen molar-refractivity contribution in [2.24, 2.45) is 11.7 Å². The molecule has 114 valence electrons. The van der Waals surface area contributed by atoms with Crippen molar-refractivity contribution in [2.45, 2.75) is 30.0 Å². The monoisotopic (exact) mass is 329 g/mol. The van der Waals surface area contributed by atoms with Gasteiger partial charge in [0.15, 0.2) is 9.84 Å². The summed E-state index contributed by atoms with van der Waals surface area (Å²) in [4.78, 5) is -0.275. The van der Waals surface area contributed by atoms with Gasteiger partial charge in [0.25, 0.3) is 0 Å². The molecule has 1 aromatic carbocycles. The quantitative estimate of drug-likeness (QED) is 0.927. The molecule has 1 aromatic rings. The Kier molecular flexibility index (Phi) is 5.10. The van der Waals surface area contributed by atoms with Crippen LogP contribution >= 0.6 is 12.4 Å². The second-order valence-corrected chi connectivity index (χ2v) is 6.94. The maximum Gasteiger partial charge on any atom is 0.416 e. The molecule has 0 unspecified atom stereocenters. The molecule has 1 saturated carbocycles. The summed E-state index contributed by atoms with van der Waals surface area (Å²) in [5, 5.41) is 0. The first-order valence-electron chi connectivity index (χ1n) is 5.84. The number of rotatable bonds is 3. The Hall–Kier alpha value is -0.790. The normalized spacial score (nSPS) is 22.8. The van der Waals surface area contributed by atoms with Crippen molar-refractivity contribution >= 4 is 22.2 Å². The van der Waals surface area contributed by atoms with E-state index in [4.69, 9.17) is 5.73 Å². The molecule has 8 heteroatoms. The third-order valence-corrected chi connectivity index (χ3v) is 5.13. The van der Waals surface area contributed by atoms with E-state index in [0.29, 0.717) is 18.9 Å². The predicted molar refractivity (Wildman–Crippen MR) is 71.4 cm³/mol. The maximum absolute atomic E-state index is 12.5. The van der Waals surface area contributed by atoms with Crippen molar-refractivity contribution in [3.05, 3.63) is 29.8 Å². The predicted octanol–water partition coefficient (Wildman–Crippen LogP) is 2.64. The van der Waals surface area contributed by atoms with Gasteiger partial charge in [0.2, 0.25) is 0 Å². The number of sulfone groups is 1. The molecule has 0 atom stereocenters. The molecule has 1 aliphatic carbocycles. The number of hydrogen-bond acceptors (Lipinski definition) is 3. The number of hydrogen-bond donors (Lipinski definition) is 1. The molecule has 1 fully saturated rings. The zero-order valence-electron chi connectivity index (χ0n) is 10.4. The molecule has 0 saturated heterocycles. The molecular weight excluding hydrogens is 315 g/mol. The molecule has 0 amide bonds. The van der Waals surface area contributed by atoms with Crippen LogP contribution in [0.15, 0.2) is 29.2 Å². The minimum Gasteiger partial charge on any atom is -0.328 e. The minimum atomic E-state index is -4.54. The van der Waals surface area contributed by atoms with Gasteiger partial charge < -0.3 is 5.73 Å². The highest BCUT2D eigenvalue weighted by Gasteiger charge is 2.34. The average Bonchev–Trinajstić information content (AvgIpc) is 2.26. The van der Waals surface area contributed by atoms with Crippen molar-refractivity contribution in [3.63, 3.8) is 0 Å². The Morgan fingerprint density at radius 3 is 2.35 bits per heavy atom. The summed E-state index contributed by atoms with van der Waals surface area (Å²) in [6.07, 6.45) is -3.32. The lowest BCUT2D eigenvalue weighted by Gasteiger charge is -2.32. The molecule has 0 heterocycles. The van der Waals surface area contributed by atoms with E-state index in [1.165, 1.54) is 6.07 Å². The fourth-order valence-corrected chi connectivity index (χ4v) is 3.87. The lowest BCUT2D eigenvalue weighted by Crippen LogP contribution is -2.39. The molecule has 1 aliphatic rings. The highest BCUT2D eigenvalue weighted by atomic mass is 35.5. The number of benzene rings is 1. The smallest absolute Gasteiger partial charge is 0.328 e. The first-order valence-corrected chi connectivity index (χ1v) is 7.49. The summed E-state index contributed by atoms with van der Waals surface area (Å²) in [5.41, 5.74) is 4.62. The van der Waals surface area contributed by atoms with Gasteiger partial charge >= 0.3 is 6.18 Å². The Labute approximate surface area is 121 Å². The highest BCUT2D eigenvalue weighted by Crippen LogP contribution is 2.32. The Morgan fingerprint density at radius 2 is 1.85 bits per heavy atom. The van der Waals surface area contributed by atoms with Crippen LogP contribution in [0.4, 0.5) is 13.2 Å². The Bertz CT molecular complexity index is 568. The SMILES string of the molecule is Cl.N[C@H]1C[C@H](CS(=O)(=O)c2cccc(C(F)(F)F)c2)C1. The zero-order chi connectivity index (χ0) is 14.3. The van der Waals surface area contributed by atoms with E-state index in [1.54, 1.807) is 0 Å². The Balaban J connectivity index is 0.00000200. The van der Waals surface area contributed by atoms with Gasteiger partial charge in [0, 0.05) is 6.04 Å². The van der Waals surface area contributed by atoms with Crippen LogP contribution in [0.1, 0.15) is 18.4 Å². The van der Waals surface area contributed by atoms with E-state index in [2.05, 4.69) is 0 Å². The molecule has 20 heavy (non-hydrogen) atoms. The summed E-state index contributed by atoms with van der Waals surface area (Å²) >= 11 is 0. The van der Waals surface area contributed by atoms with Gasteiger partial charge in [0.05, 0.1) is 16.2 Å². The minimum absolute atomic E-state index is 0. The van der Waals surface area contributed by atoms with Crippen LogP contribution in [0.2, 0.25) is 0 Å². The zero-order valence-corrected chi connectivity index (χ0v) is 12.1. The third kappa shape index (κ3) is 3.86. The summed E-state index contributed by atoms with van der Waals surface area (Å²) in [6.45, 7) is 0. The number of nitrogens with two attached hydrogens (primary N) is 1. The number of alkyl halides is 3. The molecule has 2 N–H and O–H groups in total. The molecule has 2 rings (SSSR count). The van der Waals surface area contributed by atoms with Crippen LogP contribution in [0.5, 0.6) is 0 Å². The van der Waals surface area contributed by atoms with E-state index in [9.17, 15) is 21.6 Å². The fourth-order valence-electron chi connectivity index (χ4n) is 2.20. The lowest BCUT2D eigenvalue weighted by molar-refractivity contribution is -0.137. The van der Waals surface area contributed by atoms with Gasteiger partial charge in [-0.2, -0.15) is 13.2 Å². The second kappa shape index (κ2) is 5.91. The van der Waals surface area contributed by atoms with Gasteiger partial charge in [-0.05, 0) is 37.0 Å². The summed E-state index contributed by atoms with van der Waals surface area (Å²) < 4.78 is 61.6. The molecule has 0 aliphatic heterocycles. The molecule has 0 bridgehead atoms. The standard InChI is InChI=1S/C12H14F3NO2S.ClH/c13-12(14,15)9-2-1-3-11(6-9)19(17,18)7-8-4-10(16)5-8;/h1-3,6,8,10H,4-5,7,16H2;1H/t8-,10-;. The topological polar surface area (TPSA) is 60.2 Å². The van der Waals surface area contributed by atoms with Gasteiger partial charge in [-0.1, -0.05) is 6.07 Å². The molecule has 0 spiro atoms. The van der Waals surface area contributed by atoms with Gasteiger partial charge in [-0.3, -0.25) is 0 Å². The summed E-state index contributed by atoms with van der Waals surface area (Å²) in [7, 11) is -3.68. The van der Waals surface area contributed by atoms with E-state index < -0.39 is 21.6 Å². The molecule has 3 nitrogen and oxygen atoms in total. The van der Waals surface area contributed by atoms with Crippen molar-refractivity contribution in [3.8, 4) is 0 Å². The molecule has 0 radical (unpaired) electrons. The van der Waals surface area contributed by atoms with Crippen LogP contribution in [0.25, 0.3) is 0 Å². The first-order chi connectivity index (χ1) is 8.68. The van der Waals surface area contributed by atoms with E-state index in [-0.39, 0.29) is 35.0 Å². The second-order valence-electron chi connectivity index (χ2n) is 4.90. The van der Waals surface area contributed by atoms with Gasteiger partial charge in [0.1, 0.15) is 0 Å². The fraction of sp³-hybridized carbons (Fsp3) is 0.500. The van der Waals surface area contributed by atoms with Crippen LogP contribution in [-0.4, -0.2) is 20.2 Å².